The largest absolute Gasteiger partial charge is 0.396 e. The molecule has 4 heteroatoms. The Kier molecular flexibility index (Phi) is 2.67. The predicted molar refractivity (Wildman–Crippen MR) is 70.1 cm³/mol. The lowest BCUT2D eigenvalue weighted by atomic mass is 10.1. The molecule has 3 rings (SSSR count). The molecule has 0 radical (unpaired) electrons. The number of rotatable bonds is 1. The first-order valence-electron chi connectivity index (χ1n) is 6.47. The van der Waals surface area contributed by atoms with E-state index in [1.54, 1.807) is 0 Å². The highest BCUT2D eigenvalue weighted by Crippen LogP contribution is 2.29. The van der Waals surface area contributed by atoms with Gasteiger partial charge in [-0.2, -0.15) is 0 Å². The van der Waals surface area contributed by atoms with Crippen LogP contribution < -0.4 is 10.6 Å². The lowest BCUT2D eigenvalue weighted by molar-refractivity contribution is 0.202. The summed E-state index contributed by atoms with van der Waals surface area (Å²) >= 11 is 0. The number of anilines is 2. The summed E-state index contributed by atoms with van der Waals surface area (Å²) in [6, 6.07) is 5.04. The molecule has 0 amide bonds. The molecule has 2 unspecified atom stereocenters. The van der Waals surface area contributed by atoms with E-state index in [4.69, 9.17) is 5.73 Å². The van der Waals surface area contributed by atoms with Crippen molar-refractivity contribution < 1.29 is 0 Å². The average Bonchev–Trinajstić information content (AvgIpc) is 2.76. The van der Waals surface area contributed by atoms with Crippen molar-refractivity contribution >= 4 is 11.5 Å². The summed E-state index contributed by atoms with van der Waals surface area (Å²) in [7, 11) is 0. The number of nitrogens with two attached hydrogens (primary N) is 1. The average molecular weight is 232 g/mol. The molecule has 2 aliphatic rings. The van der Waals surface area contributed by atoms with Crippen LogP contribution in [0.3, 0.4) is 0 Å². The van der Waals surface area contributed by atoms with Gasteiger partial charge in [0.2, 0.25) is 0 Å². The molecule has 0 spiro atoms. The van der Waals surface area contributed by atoms with E-state index in [1.165, 1.54) is 19.4 Å². The third-order valence-electron chi connectivity index (χ3n) is 4.03. The van der Waals surface area contributed by atoms with E-state index >= 15 is 0 Å². The molecule has 2 atom stereocenters. The summed E-state index contributed by atoms with van der Waals surface area (Å²) < 4.78 is 0. The van der Waals surface area contributed by atoms with Gasteiger partial charge in [0.1, 0.15) is 0 Å². The Morgan fingerprint density at radius 2 is 2.29 bits per heavy atom. The van der Waals surface area contributed by atoms with Gasteiger partial charge in [0.15, 0.2) is 5.82 Å². The van der Waals surface area contributed by atoms with Crippen LogP contribution in [0.5, 0.6) is 0 Å². The third-order valence-corrected chi connectivity index (χ3v) is 4.03. The van der Waals surface area contributed by atoms with Gasteiger partial charge in [-0.25, -0.2) is 4.98 Å². The SMILES string of the molecule is CC1CN2CCCC2CN1c1ncccc1N. The number of piperazine rings is 1. The van der Waals surface area contributed by atoms with Crippen LogP contribution in [-0.4, -0.2) is 41.6 Å². The summed E-state index contributed by atoms with van der Waals surface area (Å²) in [4.78, 5) is 9.44. The molecule has 1 aromatic rings. The second-order valence-electron chi connectivity index (χ2n) is 5.21. The Morgan fingerprint density at radius 3 is 3.12 bits per heavy atom. The van der Waals surface area contributed by atoms with Crippen LogP contribution in [0.1, 0.15) is 19.8 Å². The fourth-order valence-corrected chi connectivity index (χ4v) is 3.13. The Balaban J connectivity index is 1.85. The molecule has 17 heavy (non-hydrogen) atoms. The Bertz CT molecular complexity index is 406. The second-order valence-corrected chi connectivity index (χ2v) is 5.21. The van der Waals surface area contributed by atoms with Crippen molar-refractivity contribution in [3.05, 3.63) is 18.3 Å². The molecule has 92 valence electrons. The highest BCUT2D eigenvalue weighted by Gasteiger charge is 2.35. The molecule has 0 bridgehead atoms. The van der Waals surface area contributed by atoms with Crippen LogP contribution in [0, 0.1) is 0 Å². The van der Waals surface area contributed by atoms with Gasteiger partial charge in [0, 0.05) is 31.4 Å². The molecule has 3 heterocycles. The molecular weight excluding hydrogens is 212 g/mol. The fourth-order valence-electron chi connectivity index (χ4n) is 3.13. The molecule has 0 aromatic carbocycles. The van der Waals surface area contributed by atoms with Gasteiger partial charge in [0.05, 0.1) is 5.69 Å². The Morgan fingerprint density at radius 1 is 1.41 bits per heavy atom. The van der Waals surface area contributed by atoms with E-state index in [0.29, 0.717) is 12.1 Å². The number of nitrogen functional groups attached to an aromatic ring is 1. The number of hydrogen-bond acceptors (Lipinski definition) is 4. The van der Waals surface area contributed by atoms with Crippen molar-refractivity contribution in [1.82, 2.24) is 9.88 Å². The van der Waals surface area contributed by atoms with E-state index in [9.17, 15) is 0 Å². The van der Waals surface area contributed by atoms with Gasteiger partial charge in [0.25, 0.3) is 0 Å². The minimum absolute atomic E-state index is 0.501. The van der Waals surface area contributed by atoms with Crippen molar-refractivity contribution in [3.8, 4) is 0 Å². The first-order chi connectivity index (χ1) is 8.25. The number of pyridine rings is 1. The molecular formula is C13H20N4. The molecule has 2 aliphatic heterocycles. The highest BCUT2D eigenvalue weighted by atomic mass is 15.3. The minimum Gasteiger partial charge on any atom is -0.396 e. The van der Waals surface area contributed by atoms with Crippen LogP contribution in [0.15, 0.2) is 18.3 Å². The van der Waals surface area contributed by atoms with Crippen LogP contribution in [0.4, 0.5) is 11.5 Å². The van der Waals surface area contributed by atoms with Gasteiger partial charge in [-0.05, 0) is 38.4 Å². The summed E-state index contributed by atoms with van der Waals surface area (Å²) in [5.74, 6) is 0.964. The van der Waals surface area contributed by atoms with Gasteiger partial charge in [-0.3, -0.25) is 4.90 Å². The zero-order valence-electron chi connectivity index (χ0n) is 10.3. The first-order valence-corrected chi connectivity index (χ1v) is 6.47. The van der Waals surface area contributed by atoms with Crippen LogP contribution in [0.25, 0.3) is 0 Å². The molecule has 0 aliphatic carbocycles. The fraction of sp³-hybridized carbons (Fsp3) is 0.615. The zero-order valence-corrected chi connectivity index (χ0v) is 10.3. The van der Waals surface area contributed by atoms with Crippen LogP contribution in [-0.2, 0) is 0 Å². The monoisotopic (exact) mass is 232 g/mol. The molecule has 4 nitrogen and oxygen atoms in total. The normalized spacial score (nSPS) is 29.4. The van der Waals surface area contributed by atoms with Crippen LogP contribution >= 0.6 is 0 Å². The van der Waals surface area contributed by atoms with Crippen molar-refractivity contribution in [2.75, 3.05) is 30.3 Å². The number of hydrogen-bond donors (Lipinski definition) is 1. The molecule has 2 fully saturated rings. The lowest BCUT2D eigenvalue weighted by Gasteiger charge is -2.43. The Labute approximate surface area is 102 Å². The van der Waals surface area contributed by atoms with Crippen molar-refractivity contribution in [2.45, 2.75) is 31.8 Å². The summed E-state index contributed by atoms with van der Waals surface area (Å²) in [5, 5.41) is 0. The predicted octanol–water partition coefficient (Wildman–Crippen LogP) is 1.34. The minimum atomic E-state index is 0.501. The molecule has 1 aromatic heterocycles. The summed E-state index contributed by atoms with van der Waals surface area (Å²) in [6.07, 6.45) is 4.48. The van der Waals surface area contributed by atoms with E-state index < -0.39 is 0 Å². The molecule has 0 saturated carbocycles. The van der Waals surface area contributed by atoms with Gasteiger partial charge >= 0.3 is 0 Å². The molecule has 2 saturated heterocycles. The zero-order chi connectivity index (χ0) is 11.8. The first kappa shape index (κ1) is 10.8. The quantitative estimate of drug-likeness (QED) is 0.793. The highest BCUT2D eigenvalue weighted by molar-refractivity contribution is 5.63. The summed E-state index contributed by atoms with van der Waals surface area (Å²) in [6.45, 7) is 5.74. The van der Waals surface area contributed by atoms with Gasteiger partial charge in [-0.15, -0.1) is 0 Å². The third kappa shape index (κ3) is 1.86. The number of aromatic nitrogens is 1. The van der Waals surface area contributed by atoms with E-state index in [-0.39, 0.29) is 0 Å². The second kappa shape index (κ2) is 4.18. The lowest BCUT2D eigenvalue weighted by Crippen LogP contribution is -2.55. The van der Waals surface area contributed by atoms with Crippen molar-refractivity contribution in [1.29, 1.82) is 0 Å². The number of nitrogens with zero attached hydrogens (tertiary/aromatic N) is 3. The maximum absolute atomic E-state index is 6.03. The van der Waals surface area contributed by atoms with Gasteiger partial charge in [-0.1, -0.05) is 0 Å². The standard InChI is InChI=1S/C13H20N4/c1-10-8-16-7-3-4-11(16)9-17(10)13-12(14)5-2-6-15-13/h2,5-6,10-11H,3-4,7-9,14H2,1H3. The van der Waals surface area contributed by atoms with E-state index in [1.807, 2.05) is 18.3 Å². The topological polar surface area (TPSA) is 45.4 Å². The van der Waals surface area contributed by atoms with Crippen molar-refractivity contribution in [2.24, 2.45) is 0 Å². The van der Waals surface area contributed by atoms with E-state index in [2.05, 4.69) is 21.7 Å². The van der Waals surface area contributed by atoms with E-state index in [0.717, 1.165) is 24.6 Å². The smallest absolute Gasteiger partial charge is 0.152 e. The maximum Gasteiger partial charge on any atom is 0.152 e. The number of fused-ring (bicyclic) bond motifs is 1. The maximum atomic E-state index is 6.03. The molecule has 2 N–H and O–H groups in total. The Hall–Kier alpha value is -1.29. The van der Waals surface area contributed by atoms with Crippen molar-refractivity contribution in [3.63, 3.8) is 0 Å². The van der Waals surface area contributed by atoms with Gasteiger partial charge < -0.3 is 10.6 Å². The van der Waals surface area contributed by atoms with Crippen LogP contribution in [0.2, 0.25) is 0 Å². The summed E-state index contributed by atoms with van der Waals surface area (Å²) in [5.41, 5.74) is 6.83.